The summed E-state index contributed by atoms with van der Waals surface area (Å²) in [5, 5.41) is 0.646. The van der Waals surface area contributed by atoms with Gasteiger partial charge < -0.3 is 15.4 Å². The average molecular weight is 319 g/mol. The Morgan fingerprint density at radius 1 is 1.50 bits per heavy atom. The second-order valence-corrected chi connectivity index (χ2v) is 8.35. The predicted molar refractivity (Wildman–Crippen MR) is 81.1 cm³/mol. The standard InChI is InChI=1S/C12H21N3O3S2/c1-4-7-20(16,17)9-10(13)14-19-11(9)15-5-6-18-12(2,3)8-15/h4-8H2,1-3H3,(H2,13,14). The van der Waals surface area contributed by atoms with E-state index >= 15 is 0 Å². The number of nitrogens with two attached hydrogens (primary N) is 1. The highest BCUT2D eigenvalue weighted by Gasteiger charge is 2.33. The fourth-order valence-electron chi connectivity index (χ4n) is 2.34. The van der Waals surface area contributed by atoms with E-state index in [0.717, 1.165) is 11.5 Å². The van der Waals surface area contributed by atoms with Crippen LogP contribution in [0.1, 0.15) is 27.2 Å². The summed E-state index contributed by atoms with van der Waals surface area (Å²) < 4.78 is 34.4. The number of morpholine rings is 1. The molecule has 1 aliphatic heterocycles. The summed E-state index contributed by atoms with van der Waals surface area (Å²) in [6, 6.07) is 0. The lowest BCUT2D eigenvalue weighted by atomic mass is 10.1. The molecule has 1 aliphatic rings. The van der Waals surface area contributed by atoms with Gasteiger partial charge in [-0.1, -0.05) is 6.92 Å². The van der Waals surface area contributed by atoms with Gasteiger partial charge in [-0.2, -0.15) is 4.37 Å². The number of ether oxygens (including phenoxy) is 1. The second-order valence-electron chi connectivity index (χ2n) is 5.55. The molecule has 0 spiro atoms. The van der Waals surface area contributed by atoms with Crippen molar-refractivity contribution in [3.8, 4) is 0 Å². The monoisotopic (exact) mass is 319 g/mol. The van der Waals surface area contributed by atoms with E-state index in [4.69, 9.17) is 10.5 Å². The van der Waals surface area contributed by atoms with Crippen molar-refractivity contribution in [3.63, 3.8) is 0 Å². The first kappa shape index (κ1) is 15.5. The Bertz CT molecular complexity index is 581. The van der Waals surface area contributed by atoms with Crippen LogP contribution in [-0.4, -0.2) is 43.8 Å². The van der Waals surface area contributed by atoms with Gasteiger partial charge in [-0.15, -0.1) is 0 Å². The minimum atomic E-state index is -3.37. The largest absolute Gasteiger partial charge is 0.382 e. The minimum Gasteiger partial charge on any atom is -0.382 e. The Morgan fingerprint density at radius 2 is 2.20 bits per heavy atom. The molecule has 8 heteroatoms. The number of nitrogen functional groups attached to an aromatic ring is 1. The third-order valence-corrected chi connectivity index (χ3v) is 6.18. The lowest BCUT2D eigenvalue weighted by Gasteiger charge is -2.38. The zero-order valence-electron chi connectivity index (χ0n) is 12.0. The van der Waals surface area contributed by atoms with Gasteiger partial charge in [0.25, 0.3) is 0 Å². The zero-order valence-corrected chi connectivity index (χ0v) is 13.7. The molecule has 1 fully saturated rings. The SMILES string of the molecule is CCCS(=O)(=O)c1c(N)nsc1N1CCOC(C)(C)C1. The van der Waals surface area contributed by atoms with Gasteiger partial charge in [0.2, 0.25) is 0 Å². The maximum Gasteiger partial charge on any atom is 0.185 e. The van der Waals surface area contributed by atoms with Crippen LogP contribution in [0.5, 0.6) is 0 Å². The maximum absolute atomic E-state index is 12.4. The number of aromatic nitrogens is 1. The molecule has 6 nitrogen and oxygen atoms in total. The lowest BCUT2D eigenvalue weighted by Crippen LogP contribution is -2.48. The zero-order chi connectivity index (χ0) is 15.0. The van der Waals surface area contributed by atoms with Gasteiger partial charge in [-0.3, -0.25) is 0 Å². The van der Waals surface area contributed by atoms with E-state index in [0.29, 0.717) is 31.1 Å². The van der Waals surface area contributed by atoms with E-state index in [1.807, 2.05) is 25.7 Å². The van der Waals surface area contributed by atoms with E-state index < -0.39 is 9.84 Å². The fourth-order valence-corrected chi connectivity index (χ4v) is 5.13. The molecule has 1 saturated heterocycles. The van der Waals surface area contributed by atoms with Crippen LogP contribution < -0.4 is 10.6 Å². The Hall–Kier alpha value is -0.860. The Kier molecular flexibility index (Phi) is 4.27. The molecule has 114 valence electrons. The van der Waals surface area contributed by atoms with Gasteiger partial charge in [0.05, 0.1) is 18.0 Å². The first-order chi connectivity index (χ1) is 9.27. The molecule has 1 aromatic rings. The summed E-state index contributed by atoms with van der Waals surface area (Å²) in [5.41, 5.74) is 5.49. The second kappa shape index (κ2) is 5.50. The van der Waals surface area contributed by atoms with Gasteiger partial charge in [-0.05, 0) is 31.8 Å². The fraction of sp³-hybridized carbons (Fsp3) is 0.750. The van der Waals surface area contributed by atoms with Gasteiger partial charge in [0.15, 0.2) is 15.7 Å². The summed E-state index contributed by atoms with van der Waals surface area (Å²) in [4.78, 5) is 2.21. The summed E-state index contributed by atoms with van der Waals surface area (Å²) in [6.07, 6.45) is 0.561. The van der Waals surface area contributed by atoms with Crippen LogP contribution >= 0.6 is 11.5 Å². The summed E-state index contributed by atoms with van der Waals surface area (Å²) in [5.74, 6) is 0.207. The van der Waals surface area contributed by atoms with Gasteiger partial charge in [0, 0.05) is 13.1 Å². The Morgan fingerprint density at radius 3 is 2.80 bits per heavy atom. The molecule has 2 N–H and O–H groups in total. The molecule has 0 aliphatic carbocycles. The summed E-state index contributed by atoms with van der Waals surface area (Å²) in [6.45, 7) is 7.67. The molecule has 0 saturated carbocycles. The molecule has 2 rings (SSSR count). The summed E-state index contributed by atoms with van der Waals surface area (Å²) in [7, 11) is -3.37. The molecule has 0 unspecified atom stereocenters. The van der Waals surface area contributed by atoms with Crippen molar-refractivity contribution in [2.75, 3.05) is 36.1 Å². The van der Waals surface area contributed by atoms with Crippen molar-refractivity contribution in [1.29, 1.82) is 0 Å². The van der Waals surface area contributed by atoms with Gasteiger partial charge >= 0.3 is 0 Å². The maximum atomic E-state index is 12.4. The van der Waals surface area contributed by atoms with Crippen LogP contribution in [0.2, 0.25) is 0 Å². The topological polar surface area (TPSA) is 85.5 Å². The van der Waals surface area contributed by atoms with Crippen LogP contribution in [0.4, 0.5) is 10.8 Å². The van der Waals surface area contributed by atoms with E-state index in [-0.39, 0.29) is 22.1 Å². The number of sulfone groups is 1. The van der Waals surface area contributed by atoms with Crippen LogP contribution in [0.25, 0.3) is 0 Å². The molecule has 1 aromatic heterocycles. The molecular formula is C12H21N3O3S2. The molecule has 0 bridgehead atoms. The number of hydrogen-bond acceptors (Lipinski definition) is 7. The average Bonchev–Trinajstić information content (AvgIpc) is 2.70. The molecule has 0 aromatic carbocycles. The lowest BCUT2D eigenvalue weighted by molar-refractivity contribution is -0.0276. The van der Waals surface area contributed by atoms with Gasteiger partial charge in [-0.25, -0.2) is 8.42 Å². The Balaban J connectivity index is 2.39. The van der Waals surface area contributed by atoms with E-state index in [2.05, 4.69) is 4.37 Å². The third kappa shape index (κ3) is 3.07. The van der Waals surface area contributed by atoms with Crippen molar-refractivity contribution in [1.82, 2.24) is 4.37 Å². The molecule has 0 radical (unpaired) electrons. The number of rotatable bonds is 4. The normalized spacial score (nSPS) is 19.2. The highest BCUT2D eigenvalue weighted by molar-refractivity contribution is 7.91. The van der Waals surface area contributed by atoms with Crippen LogP contribution in [-0.2, 0) is 14.6 Å². The number of hydrogen-bond donors (Lipinski definition) is 1. The van der Waals surface area contributed by atoms with E-state index in [1.165, 1.54) is 0 Å². The Labute approximate surface area is 124 Å². The highest BCUT2D eigenvalue weighted by Crippen LogP contribution is 2.37. The van der Waals surface area contributed by atoms with Crippen molar-refractivity contribution < 1.29 is 13.2 Å². The minimum absolute atomic E-state index is 0.0936. The molecule has 2 heterocycles. The van der Waals surface area contributed by atoms with Crippen molar-refractivity contribution >= 4 is 32.2 Å². The van der Waals surface area contributed by atoms with Gasteiger partial charge in [0.1, 0.15) is 9.90 Å². The van der Waals surface area contributed by atoms with Crippen LogP contribution in [0, 0.1) is 0 Å². The first-order valence-corrected chi connectivity index (χ1v) is 9.06. The van der Waals surface area contributed by atoms with Crippen molar-refractivity contribution in [2.24, 2.45) is 0 Å². The quantitative estimate of drug-likeness (QED) is 0.905. The molecule has 0 amide bonds. The highest BCUT2D eigenvalue weighted by atomic mass is 32.2. The number of nitrogens with zero attached hydrogens (tertiary/aromatic N) is 2. The van der Waals surface area contributed by atoms with Crippen LogP contribution in [0.3, 0.4) is 0 Å². The van der Waals surface area contributed by atoms with E-state index in [1.54, 1.807) is 0 Å². The molecular weight excluding hydrogens is 298 g/mol. The predicted octanol–water partition coefficient (Wildman–Crippen LogP) is 1.52. The van der Waals surface area contributed by atoms with E-state index in [9.17, 15) is 8.42 Å². The third-order valence-electron chi connectivity index (χ3n) is 3.15. The van der Waals surface area contributed by atoms with Crippen LogP contribution in [0.15, 0.2) is 4.90 Å². The first-order valence-electron chi connectivity index (χ1n) is 6.63. The molecule has 20 heavy (non-hydrogen) atoms. The van der Waals surface area contributed by atoms with Crippen molar-refractivity contribution in [3.05, 3.63) is 0 Å². The summed E-state index contributed by atoms with van der Waals surface area (Å²) >= 11 is 1.15. The smallest absolute Gasteiger partial charge is 0.185 e. The number of anilines is 2. The van der Waals surface area contributed by atoms with Crippen molar-refractivity contribution in [2.45, 2.75) is 37.7 Å². The molecule has 0 atom stereocenters.